The molecule has 0 aliphatic rings. The van der Waals surface area contributed by atoms with E-state index in [2.05, 4.69) is 9.97 Å². The van der Waals surface area contributed by atoms with Gasteiger partial charge in [0.05, 0.1) is 26.5 Å². The normalized spacial score (nSPS) is 12.0. The van der Waals surface area contributed by atoms with E-state index in [9.17, 15) is 0 Å². The zero-order chi connectivity index (χ0) is 14.5. The molecule has 20 heavy (non-hydrogen) atoms. The van der Waals surface area contributed by atoms with Crippen LogP contribution in [0.3, 0.4) is 0 Å². The van der Waals surface area contributed by atoms with Gasteiger partial charge in [-0.3, -0.25) is 0 Å². The number of rotatable bonds is 5. The van der Waals surface area contributed by atoms with Gasteiger partial charge in [-0.2, -0.15) is 4.98 Å². The minimum Gasteiger partial charge on any atom is -0.480 e. The summed E-state index contributed by atoms with van der Waals surface area (Å²) in [6.45, 7) is 0. The Bertz CT molecular complexity index is 575. The van der Waals surface area contributed by atoms with Gasteiger partial charge in [-0.1, -0.05) is 23.7 Å². The molecule has 0 saturated carbocycles. The van der Waals surface area contributed by atoms with Gasteiger partial charge in [-0.15, -0.1) is 0 Å². The summed E-state index contributed by atoms with van der Waals surface area (Å²) in [5.74, 6) is 0.773. The Balaban J connectivity index is 2.20. The van der Waals surface area contributed by atoms with Crippen LogP contribution in [0, 0.1) is 0 Å². The van der Waals surface area contributed by atoms with E-state index in [0.717, 1.165) is 5.56 Å². The first-order valence-electron chi connectivity index (χ1n) is 6.09. The predicted molar refractivity (Wildman–Crippen MR) is 77.2 cm³/mol. The molecule has 1 aromatic heterocycles. The third-order valence-corrected chi connectivity index (χ3v) is 3.12. The van der Waals surface area contributed by atoms with Gasteiger partial charge in [-0.25, -0.2) is 4.98 Å². The fourth-order valence-electron chi connectivity index (χ4n) is 1.84. The molecular weight excluding hydrogens is 278 g/mol. The molecule has 0 radical (unpaired) electrons. The molecule has 2 aromatic rings. The molecule has 0 bridgehead atoms. The van der Waals surface area contributed by atoms with Crippen molar-refractivity contribution < 1.29 is 9.47 Å². The average molecular weight is 294 g/mol. The standard InChI is InChI=1S/C14H16ClN3O2/c1-19-12-8-17-13(14(18-12)20-2)11(16)7-9-3-5-10(15)6-4-9/h3-6,8,11H,7,16H2,1-2H3. The Labute approximate surface area is 122 Å². The molecule has 5 nitrogen and oxygen atoms in total. The van der Waals surface area contributed by atoms with Crippen LogP contribution in [0.5, 0.6) is 11.8 Å². The lowest BCUT2D eigenvalue weighted by molar-refractivity contribution is 0.353. The van der Waals surface area contributed by atoms with Crippen LogP contribution in [-0.2, 0) is 6.42 Å². The molecule has 0 aliphatic heterocycles. The predicted octanol–water partition coefficient (Wildman–Crippen LogP) is 2.39. The molecule has 2 rings (SSSR count). The molecule has 0 fully saturated rings. The molecule has 1 heterocycles. The van der Waals surface area contributed by atoms with Crippen molar-refractivity contribution in [3.05, 3.63) is 46.7 Å². The average Bonchev–Trinajstić information content (AvgIpc) is 2.48. The summed E-state index contributed by atoms with van der Waals surface area (Å²) < 4.78 is 10.2. The SMILES string of the molecule is COc1cnc(C(N)Cc2ccc(Cl)cc2)c(OC)n1. The highest BCUT2D eigenvalue weighted by atomic mass is 35.5. The van der Waals surface area contributed by atoms with Crippen LogP contribution in [0.4, 0.5) is 0 Å². The van der Waals surface area contributed by atoms with E-state index < -0.39 is 0 Å². The lowest BCUT2D eigenvalue weighted by atomic mass is 10.0. The largest absolute Gasteiger partial charge is 0.480 e. The fourth-order valence-corrected chi connectivity index (χ4v) is 1.97. The zero-order valence-electron chi connectivity index (χ0n) is 11.3. The summed E-state index contributed by atoms with van der Waals surface area (Å²) in [6, 6.07) is 7.22. The number of benzene rings is 1. The maximum absolute atomic E-state index is 6.18. The zero-order valence-corrected chi connectivity index (χ0v) is 12.1. The smallest absolute Gasteiger partial charge is 0.240 e. The van der Waals surface area contributed by atoms with E-state index in [1.54, 1.807) is 0 Å². The van der Waals surface area contributed by atoms with Crippen molar-refractivity contribution in [1.82, 2.24) is 9.97 Å². The van der Waals surface area contributed by atoms with E-state index >= 15 is 0 Å². The van der Waals surface area contributed by atoms with Gasteiger partial charge in [0.1, 0.15) is 5.69 Å². The number of nitrogens with two attached hydrogens (primary N) is 1. The van der Waals surface area contributed by atoms with Crippen LogP contribution >= 0.6 is 11.6 Å². The highest BCUT2D eigenvalue weighted by molar-refractivity contribution is 6.30. The number of halogens is 1. The molecule has 0 aliphatic carbocycles. The second kappa shape index (κ2) is 6.54. The minimum absolute atomic E-state index is 0.315. The van der Waals surface area contributed by atoms with Gasteiger partial charge >= 0.3 is 0 Å². The molecular formula is C14H16ClN3O2. The van der Waals surface area contributed by atoms with Crippen molar-refractivity contribution in [3.8, 4) is 11.8 Å². The third-order valence-electron chi connectivity index (χ3n) is 2.87. The van der Waals surface area contributed by atoms with Crippen molar-refractivity contribution in [2.24, 2.45) is 5.73 Å². The number of hydrogen-bond acceptors (Lipinski definition) is 5. The number of nitrogens with zero attached hydrogens (tertiary/aromatic N) is 2. The molecule has 1 atom stereocenters. The van der Waals surface area contributed by atoms with Crippen LogP contribution in [-0.4, -0.2) is 24.2 Å². The van der Waals surface area contributed by atoms with Gasteiger partial charge in [0.2, 0.25) is 11.8 Å². The van der Waals surface area contributed by atoms with E-state index in [0.29, 0.717) is 28.9 Å². The summed E-state index contributed by atoms with van der Waals surface area (Å²) in [5.41, 5.74) is 7.85. The van der Waals surface area contributed by atoms with Gasteiger partial charge < -0.3 is 15.2 Å². The Hall–Kier alpha value is -1.85. The Kier molecular flexibility index (Phi) is 4.76. The maximum atomic E-state index is 6.18. The molecule has 0 amide bonds. The summed E-state index contributed by atoms with van der Waals surface area (Å²) in [6.07, 6.45) is 2.15. The topological polar surface area (TPSA) is 70.3 Å². The summed E-state index contributed by atoms with van der Waals surface area (Å²) in [4.78, 5) is 8.45. The third kappa shape index (κ3) is 3.37. The molecule has 1 unspecified atom stereocenters. The van der Waals surface area contributed by atoms with E-state index in [1.807, 2.05) is 24.3 Å². The molecule has 0 spiro atoms. The molecule has 106 valence electrons. The summed E-state index contributed by atoms with van der Waals surface area (Å²) >= 11 is 5.86. The second-order valence-corrected chi connectivity index (χ2v) is 4.68. The highest BCUT2D eigenvalue weighted by Crippen LogP contribution is 2.24. The van der Waals surface area contributed by atoms with E-state index in [1.165, 1.54) is 20.4 Å². The number of ether oxygens (including phenoxy) is 2. The Morgan fingerprint density at radius 1 is 1.20 bits per heavy atom. The Morgan fingerprint density at radius 2 is 1.90 bits per heavy atom. The maximum Gasteiger partial charge on any atom is 0.240 e. The van der Waals surface area contributed by atoms with Crippen molar-refractivity contribution in [3.63, 3.8) is 0 Å². The van der Waals surface area contributed by atoms with E-state index in [4.69, 9.17) is 26.8 Å². The monoisotopic (exact) mass is 293 g/mol. The lowest BCUT2D eigenvalue weighted by Gasteiger charge is -2.14. The lowest BCUT2D eigenvalue weighted by Crippen LogP contribution is -2.17. The quantitative estimate of drug-likeness (QED) is 0.916. The minimum atomic E-state index is -0.315. The molecule has 1 aromatic carbocycles. The van der Waals surface area contributed by atoms with Gasteiger partial charge in [0, 0.05) is 5.02 Å². The second-order valence-electron chi connectivity index (χ2n) is 4.24. The van der Waals surface area contributed by atoms with Crippen molar-refractivity contribution in [2.75, 3.05) is 14.2 Å². The molecule has 0 saturated heterocycles. The first-order valence-corrected chi connectivity index (χ1v) is 6.46. The van der Waals surface area contributed by atoms with E-state index in [-0.39, 0.29) is 6.04 Å². The highest BCUT2D eigenvalue weighted by Gasteiger charge is 2.16. The van der Waals surface area contributed by atoms with Crippen molar-refractivity contribution in [1.29, 1.82) is 0 Å². The van der Waals surface area contributed by atoms with Gasteiger partial charge in [0.25, 0.3) is 0 Å². The fraction of sp³-hybridized carbons (Fsp3) is 0.286. The number of aromatic nitrogens is 2. The molecule has 6 heteroatoms. The van der Waals surface area contributed by atoms with Crippen molar-refractivity contribution >= 4 is 11.6 Å². The number of hydrogen-bond donors (Lipinski definition) is 1. The van der Waals surface area contributed by atoms with Crippen molar-refractivity contribution in [2.45, 2.75) is 12.5 Å². The number of methoxy groups -OCH3 is 2. The summed E-state index contributed by atoms with van der Waals surface area (Å²) in [5, 5.41) is 0.698. The van der Waals surface area contributed by atoms with Crippen LogP contribution in [0.2, 0.25) is 5.02 Å². The van der Waals surface area contributed by atoms with Gasteiger partial charge in [0.15, 0.2) is 0 Å². The van der Waals surface area contributed by atoms with Crippen LogP contribution in [0.1, 0.15) is 17.3 Å². The first-order chi connectivity index (χ1) is 9.63. The van der Waals surface area contributed by atoms with Crippen LogP contribution in [0.15, 0.2) is 30.5 Å². The van der Waals surface area contributed by atoms with Gasteiger partial charge in [-0.05, 0) is 24.1 Å². The molecule has 2 N–H and O–H groups in total. The summed E-state index contributed by atoms with van der Waals surface area (Å²) in [7, 11) is 3.05. The first kappa shape index (κ1) is 14.6. The van der Waals surface area contributed by atoms with Crippen LogP contribution in [0.25, 0.3) is 0 Å². The van der Waals surface area contributed by atoms with Crippen LogP contribution < -0.4 is 15.2 Å². The Morgan fingerprint density at radius 3 is 2.50 bits per heavy atom.